The van der Waals surface area contributed by atoms with E-state index >= 15 is 0 Å². The van der Waals surface area contributed by atoms with Crippen molar-refractivity contribution < 1.29 is 28.6 Å². The van der Waals surface area contributed by atoms with Gasteiger partial charge in [0.15, 0.2) is 0 Å². The van der Waals surface area contributed by atoms with Gasteiger partial charge in [0, 0.05) is 28.8 Å². The van der Waals surface area contributed by atoms with Crippen LogP contribution < -0.4 is 10.2 Å². The fourth-order valence-corrected chi connectivity index (χ4v) is 4.49. The van der Waals surface area contributed by atoms with Gasteiger partial charge in [-0.1, -0.05) is 42.5 Å². The predicted molar refractivity (Wildman–Crippen MR) is 139 cm³/mol. The van der Waals surface area contributed by atoms with E-state index in [9.17, 15) is 24.2 Å². The zero-order valence-electron chi connectivity index (χ0n) is 20.0. The average Bonchev–Trinajstić information content (AvgIpc) is 2.92. The van der Waals surface area contributed by atoms with Crippen molar-refractivity contribution in [2.75, 3.05) is 0 Å². The number of carboxylic acids is 1. The lowest BCUT2D eigenvalue weighted by atomic mass is 9.86. The highest BCUT2D eigenvalue weighted by Crippen LogP contribution is 2.42. The number of ether oxygens (including phenoxy) is 1. The molecule has 0 fully saturated rings. The molecule has 190 valence electrons. The molecular formula is C30H22FNO6. The molecule has 2 N–H and O–H groups in total. The number of aromatic nitrogens is 1. The van der Waals surface area contributed by atoms with E-state index in [0.717, 1.165) is 6.26 Å². The number of phenolic OH excluding ortho intramolecular Hbond substituents is 1. The van der Waals surface area contributed by atoms with Gasteiger partial charge in [0.25, 0.3) is 0 Å². The van der Waals surface area contributed by atoms with Crippen LogP contribution in [0.15, 0.2) is 101 Å². The molecule has 7 nitrogen and oxygen atoms in total. The summed E-state index contributed by atoms with van der Waals surface area (Å²) in [7, 11) is 0. The zero-order valence-corrected chi connectivity index (χ0v) is 20.0. The second-order valence-corrected chi connectivity index (χ2v) is 8.63. The van der Waals surface area contributed by atoms with Crippen LogP contribution >= 0.6 is 0 Å². The first-order valence-corrected chi connectivity index (χ1v) is 11.8. The Balaban J connectivity index is 1.65. The van der Waals surface area contributed by atoms with E-state index in [1.54, 1.807) is 48.7 Å². The van der Waals surface area contributed by atoms with Crippen molar-refractivity contribution in [1.29, 1.82) is 0 Å². The molecule has 1 atom stereocenters. The van der Waals surface area contributed by atoms with E-state index in [2.05, 4.69) is 4.98 Å². The van der Waals surface area contributed by atoms with Gasteiger partial charge in [-0.15, -0.1) is 0 Å². The minimum Gasteiger partial charge on any atom is -0.508 e. The Morgan fingerprint density at radius 3 is 2.50 bits per heavy atom. The van der Waals surface area contributed by atoms with Crippen LogP contribution in [0.2, 0.25) is 0 Å². The topological polar surface area (TPSA) is 110 Å². The van der Waals surface area contributed by atoms with Gasteiger partial charge in [0.2, 0.25) is 5.43 Å². The SMILES string of the molecule is O=C(O)C[C@H](c1ccccc1OCc1ccccn1)c1c(O)ccc2c(=O)c(-c3ccccc3F)coc12. The third-order valence-corrected chi connectivity index (χ3v) is 6.24. The lowest BCUT2D eigenvalue weighted by Crippen LogP contribution is -2.13. The highest BCUT2D eigenvalue weighted by Gasteiger charge is 2.28. The number of hydrogen-bond acceptors (Lipinski definition) is 6. The number of fused-ring (bicyclic) bond motifs is 1. The van der Waals surface area contributed by atoms with Crippen LogP contribution in [0.3, 0.4) is 0 Å². The van der Waals surface area contributed by atoms with E-state index in [4.69, 9.17) is 9.15 Å². The van der Waals surface area contributed by atoms with Crippen molar-refractivity contribution >= 4 is 16.9 Å². The number of benzene rings is 3. The summed E-state index contributed by atoms with van der Waals surface area (Å²) in [6.45, 7) is 0.139. The van der Waals surface area contributed by atoms with Gasteiger partial charge in [-0.2, -0.15) is 0 Å². The average molecular weight is 512 g/mol. The Hall–Kier alpha value is -4.98. The molecular weight excluding hydrogens is 489 g/mol. The molecule has 3 aromatic carbocycles. The second kappa shape index (κ2) is 10.6. The standard InChI is InChI=1S/C30H22FNO6/c31-24-10-3-1-8-19(24)23-17-38-30-21(29(23)36)12-13-25(33)28(30)22(15-27(34)35)20-9-2-4-11-26(20)37-16-18-7-5-6-14-32-18/h1-14,17,22,33H,15-16H2,(H,34,35)/t22-/m1/s1. The van der Waals surface area contributed by atoms with E-state index in [0.29, 0.717) is 17.0 Å². The van der Waals surface area contributed by atoms with Gasteiger partial charge in [-0.3, -0.25) is 14.6 Å². The van der Waals surface area contributed by atoms with Crippen molar-refractivity contribution in [3.8, 4) is 22.6 Å². The first kappa shape index (κ1) is 24.7. The number of hydrogen-bond donors (Lipinski definition) is 2. The van der Waals surface area contributed by atoms with Gasteiger partial charge >= 0.3 is 5.97 Å². The van der Waals surface area contributed by atoms with E-state index < -0.39 is 29.6 Å². The third-order valence-electron chi connectivity index (χ3n) is 6.24. The van der Waals surface area contributed by atoms with Gasteiger partial charge in [0.05, 0.1) is 23.1 Å². The van der Waals surface area contributed by atoms with Gasteiger partial charge in [-0.05, 0) is 36.4 Å². The highest BCUT2D eigenvalue weighted by molar-refractivity contribution is 5.87. The van der Waals surface area contributed by atoms with Gasteiger partial charge in [0.1, 0.15) is 35.8 Å². The number of nitrogens with zero attached hydrogens (tertiary/aromatic N) is 1. The van der Waals surface area contributed by atoms with Gasteiger partial charge < -0.3 is 19.4 Å². The number of aliphatic carboxylic acids is 1. The highest BCUT2D eigenvalue weighted by atomic mass is 19.1. The maximum absolute atomic E-state index is 14.4. The molecule has 0 aliphatic rings. The summed E-state index contributed by atoms with van der Waals surface area (Å²) in [6, 6.07) is 20.8. The summed E-state index contributed by atoms with van der Waals surface area (Å²) in [6.07, 6.45) is 2.35. The Morgan fingerprint density at radius 1 is 0.974 bits per heavy atom. The molecule has 0 spiro atoms. The fraction of sp³-hybridized carbons (Fsp3) is 0.100. The van der Waals surface area contributed by atoms with Crippen LogP contribution in [-0.2, 0) is 11.4 Å². The number of halogens is 1. The maximum Gasteiger partial charge on any atom is 0.304 e. The predicted octanol–water partition coefficient (Wildman–Crippen LogP) is 5.89. The van der Waals surface area contributed by atoms with Crippen molar-refractivity contribution in [3.05, 3.63) is 124 Å². The van der Waals surface area contributed by atoms with E-state index in [-0.39, 0.29) is 40.0 Å². The first-order valence-electron chi connectivity index (χ1n) is 11.8. The van der Waals surface area contributed by atoms with Crippen LogP contribution in [0, 0.1) is 5.82 Å². The molecule has 8 heteroatoms. The van der Waals surface area contributed by atoms with E-state index in [1.165, 1.54) is 30.3 Å². The molecule has 5 aromatic rings. The molecule has 0 aliphatic carbocycles. The molecule has 0 saturated heterocycles. The molecule has 2 heterocycles. The largest absolute Gasteiger partial charge is 0.508 e. The van der Waals surface area contributed by atoms with E-state index in [1.807, 2.05) is 6.07 Å². The molecule has 2 aromatic heterocycles. The second-order valence-electron chi connectivity index (χ2n) is 8.63. The summed E-state index contributed by atoms with van der Waals surface area (Å²) in [4.78, 5) is 29.6. The Bertz CT molecular complexity index is 1680. The van der Waals surface area contributed by atoms with Crippen molar-refractivity contribution in [1.82, 2.24) is 4.98 Å². The Morgan fingerprint density at radius 2 is 1.74 bits per heavy atom. The van der Waals surface area contributed by atoms with Gasteiger partial charge in [-0.25, -0.2) is 4.39 Å². The molecule has 0 amide bonds. The molecule has 0 radical (unpaired) electrons. The molecule has 5 rings (SSSR count). The quantitative estimate of drug-likeness (QED) is 0.267. The summed E-state index contributed by atoms with van der Waals surface area (Å²) >= 11 is 0. The number of carboxylic acid groups (broad SMARTS) is 1. The van der Waals surface area contributed by atoms with Crippen LogP contribution in [0.1, 0.15) is 29.2 Å². The summed E-state index contributed by atoms with van der Waals surface area (Å²) in [5, 5.41) is 20.8. The third kappa shape index (κ3) is 4.84. The van der Waals surface area contributed by atoms with Crippen LogP contribution in [0.4, 0.5) is 4.39 Å². The zero-order chi connectivity index (χ0) is 26.6. The monoisotopic (exact) mass is 511 g/mol. The first-order chi connectivity index (χ1) is 18.4. The minimum atomic E-state index is -1.13. The van der Waals surface area contributed by atoms with Crippen LogP contribution in [-0.4, -0.2) is 21.2 Å². The van der Waals surface area contributed by atoms with Crippen molar-refractivity contribution in [3.63, 3.8) is 0 Å². The lowest BCUT2D eigenvalue weighted by Gasteiger charge is -2.21. The van der Waals surface area contributed by atoms with Crippen molar-refractivity contribution in [2.45, 2.75) is 18.9 Å². The molecule has 0 aliphatic heterocycles. The lowest BCUT2D eigenvalue weighted by molar-refractivity contribution is -0.137. The molecule has 0 bridgehead atoms. The minimum absolute atomic E-state index is 0.0147. The number of para-hydroxylation sites is 1. The number of rotatable bonds is 8. The summed E-state index contributed by atoms with van der Waals surface area (Å²) in [5.41, 5.74) is 0.878. The number of phenols is 1. The number of pyridine rings is 1. The summed E-state index contributed by atoms with van der Waals surface area (Å²) < 4.78 is 26.3. The molecule has 0 unspecified atom stereocenters. The Labute approximate surface area is 216 Å². The Kier molecular flexibility index (Phi) is 6.86. The smallest absolute Gasteiger partial charge is 0.304 e. The summed E-state index contributed by atoms with van der Waals surface area (Å²) in [5.74, 6) is -2.49. The van der Waals surface area contributed by atoms with Crippen LogP contribution in [0.25, 0.3) is 22.1 Å². The number of aromatic hydroxyl groups is 1. The fourth-order valence-electron chi connectivity index (χ4n) is 4.49. The van der Waals surface area contributed by atoms with Crippen LogP contribution in [0.5, 0.6) is 11.5 Å². The maximum atomic E-state index is 14.4. The van der Waals surface area contributed by atoms with Crippen molar-refractivity contribution in [2.24, 2.45) is 0 Å². The normalized spacial score (nSPS) is 11.8. The number of carbonyl (C=O) groups is 1. The molecule has 0 saturated carbocycles. The molecule has 38 heavy (non-hydrogen) atoms.